The van der Waals surface area contributed by atoms with Crippen LogP contribution in [0.3, 0.4) is 0 Å². The molecule has 0 saturated carbocycles. The van der Waals surface area contributed by atoms with Gasteiger partial charge in [0.25, 0.3) is 0 Å². The number of amides is 1. The van der Waals surface area contributed by atoms with Crippen molar-refractivity contribution >= 4 is 46.5 Å². The van der Waals surface area contributed by atoms with Crippen molar-refractivity contribution in [2.45, 2.75) is 44.8 Å². The molecule has 37 heavy (non-hydrogen) atoms. The van der Waals surface area contributed by atoms with Gasteiger partial charge in [0.15, 0.2) is 11.0 Å². The lowest BCUT2D eigenvalue weighted by Crippen LogP contribution is -2.53. The molecule has 198 valence electrons. The molecule has 4 atom stereocenters. The molecule has 1 aliphatic heterocycles. The van der Waals surface area contributed by atoms with Gasteiger partial charge in [0.2, 0.25) is 5.91 Å². The van der Waals surface area contributed by atoms with Gasteiger partial charge in [-0.3, -0.25) is 4.79 Å². The molecular weight excluding hydrogens is 543 g/mol. The fraction of sp³-hybridized carbons (Fsp3) is 0.346. The fourth-order valence-corrected chi connectivity index (χ4v) is 5.02. The highest BCUT2D eigenvalue weighted by Gasteiger charge is 2.58. The minimum atomic E-state index is -1.55. The number of allylic oxidation sites excluding steroid dienone is 3. The van der Waals surface area contributed by atoms with E-state index >= 15 is 4.39 Å². The van der Waals surface area contributed by atoms with E-state index in [1.54, 1.807) is 0 Å². The number of aromatic nitrogens is 2. The third-order valence-electron chi connectivity index (χ3n) is 6.14. The molecule has 1 aromatic carbocycles. The van der Waals surface area contributed by atoms with Crippen LogP contribution in [-0.4, -0.2) is 28.2 Å². The summed E-state index contributed by atoms with van der Waals surface area (Å²) in [5, 5.41) is 13.9. The Morgan fingerprint density at radius 2 is 1.95 bits per heavy atom. The number of nitrogens with zero attached hydrogens (tertiary/aromatic N) is 2. The number of carbonyl (C=O) groups excluding carboxylic acids is 1. The zero-order valence-electron chi connectivity index (χ0n) is 20.5. The first-order valence-corrected chi connectivity index (χ1v) is 12.6. The van der Waals surface area contributed by atoms with Crippen molar-refractivity contribution in [1.82, 2.24) is 15.5 Å². The number of carbonyl (C=O) groups is 1. The molecule has 0 radical (unpaired) electrons. The number of nitrogens with one attached hydrogen (secondary N) is 2. The lowest BCUT2D eigenvalue weighted by molar-refractivity contribution is -0.118. The highest BCUT2D eigenvalue weighted by Crippen LogP contribution is 2.47. The van der Waals surface area contributed by atoms with Gasteiger partial charge in [0.1, 0.15) is 5.82 Å². The molecule has 1 saturated heterocycles. The van der Waals surface area contributed by atoms with Gasteiger partial charge in [0.05, 0.1) is 17.9 Å². The number of hydrogen-bond donors (Lipinski definition) is 3. The molecule has 0 aliphatic carbocycles. The Kier molecular flexibility index (Phi) is 9.47. The lowest BCUT2D eigenvalue weighted by atomic mass is 9.68. The largest absolute Gasteiger partial charge is 0.319 e. The molecule has 11 heteroatoms. The van der Waals surface area contributed by atoms with Crippen LogP contribution in [0.4, 0.5) is 14.6 Å². The van der Waals surface area contributed by atoms with Crippen molar-refractivity contribution in [2.24, 2.45) is 17.1 Å². The van der Waals surface area contributed by atoms with Gasteiger partial charge in [-0.25, -0.2) is 8.78 Å². The summed E-state index contributed by atoms with van der Waals surface area (Å²) in [4.78, 5) is 13.6. The van der Waals surface area contributed by atoms with E-state index in [1.807, 2.05) is 20.8 Å². The maximum absolute atomic E-state index is 15.4. The van der Waals surface area contributed by atoms with E-state index in [2.05, 4.69) is 20.8 Å². The van der Waals surface area contributed by atoms with Crippen molar-refractivity contribution < 1.29 is 13.6 Å². The van der Waals surface area contributed by atoms with Crippen LogP contribution in [0.5, 0.6) is 0 Å². The van der Waals surface area contributed by atoms with Gasteiger partial charge in [-0.2, -0.15) is 0 Å². The number of anilines is 1. The van der Waals surface area contributed by atoms with Crippen LogP contribution in [0.2, 0.25) is 10.2 Å². The average Bonchev–Trinajstić information content (AvgIpc) is 3.09. The normalized spacial score (nSPS) is 24.8. The topological polar surface area (TPSA) is 92.9 Å². The second-order valence-corrected chi connectivity index (χ2v) is 11.1. The van der Waals surface area contributed by atoms with Crippen LogP contribution < -0.4 is 16.4 Å². The van der Waals surface area contributed by atoms with E-state index in [0.29, 0.717) is 12.8 Å². The van der Waals surface area contributed by atoms with Crippen LogP contribution in [0.1, 0.15) is 32.8 Å². The molecule has 0 bridgehead atoms. The van der Waals surface area contributed by atoms with Crippen molar-refractivity contribution in [2.75, 3.05) is 5.32 Å². The van der Waals surface area contributed by atoms with Crippen molar-refractivity contribution in [3.8, 4) is 0 Å². The third-order valence-corrected chi connectivity index (χ3v) is 6.72. The van der Waals surface area contributed by atoms with Crippen LogP contribution in [0.15, 0.2) is 66.0 Å². The first-order chi connectivity index (χ1) is 17.4. The van der Waals surface area contributed by atoms with Gasteiger partial charge < -0.3 is 16.4 Å². The van der Waals surface area contributed by atoms with Crippen LogP contribution in [-0.2, 0) is 10.3 Å². The fourth-order valence-electron chi connectivity index (χ4n) is 4.68. The summed E-state index contributed by atoms with van der Waals surface area (Å²) in [7, 11) is 0. The lowest BCUT2D eigenvalue weighted by Gasteiger charge is -2.39. The zero-order valence-corrected chi connectivity index (χ0v) is 22.8. The summed E-state index contributed by atoms with van der Waals surface area (Å²) in [5.41, 5.74) is 6.68. The molecule has 1 aromatic heterocycles. The summed E-state index contributed by atoms with van der Waals surface area (Å²) in [6, 6.07) is 5.39. The molecular formula is C26H28Cl3F2N5O. The summed E-state index contributed by atoms with van der Waals surface area (Å²) in [6.45, 7) is 5.99. The predicted octanol–water partition coefficient (Wildman–Crippen LogP) is 6.27. The Morgan fingerprint density at radius 3 is 2.51 bits per heavy atom. The highest BCUT2D eigenvalue weighted by molar-refractivity contribution is 6.30. The predicted molar refractivity (Wildman–Crippen MR) is 145 cm³/mol. The molecule has 1 fully saturated rings. The van der Waals surface area contributed by atoms with Crippen molar-refractivity contribution in [3.63, 3.8) is 0 Å². The van der Waals surface area contributed by atoms with Gasteiger partial charge >= 0.3 is 0 Å². The second kappa shape index (κ2) is 12.0. The summed E-state index contributed by atoms with van der Waals surface area (Å²) in [5.74, 6) is -2.11. The van der Waals surface area contributed by atoms with E-state index in [-0.39, 0.29) is 32.5 Å². The summed E-state index contributed by atoms with van der Waals surface area (Å²) >= 11 is 17.4. The minimum absolute atomic E-state index is 0.0675. The van der Waals surface area contributed by atoms with E-state index < -0.39 is 35.3 Å². The number of nitrogens with two attached hydrogens (primary N) is 1. The van der Waals surface area contributed by atoms with E-state index in [4.69, 9.17) is 40.5 Å². The van der Waals surface area contributed by atoms with Gasteiger partial charge in [-0.1, -0.05) is 79.9 Å². The smallest absolute Gasteiger partial charge is 0.243 e. The number of halogens is 5. The third kappa shape index (κ3) is 6.75. The standard InChI is InChI=1S/C26H28Cl3F2N5O/c1-25(2,3)13-19-26(32,17-8-7-16(28)12-18(17)31)22(15(14-30)6-4-5-11-27)23(33-19)24(37)34-21-10-9-20(29)35-36-21/h4-12,14,19,22-23,33H,13,32H2,1-3H3,(H,34,36,37)/b6-4-,11-5+,15-14-/t19-,22-,23+,26+/m0/s1. The van der Waals surface area contributed by atoms with E-state index in [0.717, 1.165) is 6.07 Å². The minimum Gasteiger partial charge on any atom is -0.319 e. The Bertz CT molecular complexity index is 1210. The van der Waals surface area contributed by atoms with E-state index in [9.17, 15) is 9.18 Å². The molecule has 1 amide bonds. The maximum atomic E-state index is 15.4. The average molecular weight is 571 g/mol. The van der Waals surface area contributed by atoms with Gasteiger partial charge in [-0.05, 0) is 41.7 Å². The number of benzene rings is 1. The second-order valence-electron chi connectivity index (χ2n) is 10.0. The zero-order chi connectivity index (χ0) is 27.4. The highest BCUT2D eigenvalue weighted by atomic mass is 35.5. The summed E-state index contributed by atoms with van der Waals surface area (Å²) < 4.78 is 29.9. The molecule has 3 rings (SSSR count). The maximum Gasteiger partial charge on any atom is 0.243 e. The molecule has 2 heterocycles. The SMILES string of the molecule is CC(C)(C)C[C@@H]1N[C@@H](C(=O)Nc2ccc(Cl)nn2)[C@H](C(/C=C\C=C\Cl)=C\F)[C@@]1(N)c1ccc(Cl)cc1F. The Morgan fingerprint density at radius 1 is 1.22 bits per heavy atom. The van der Waals surface area contributed by atoms with Crippen molar-refractivity contribution in [3.05, 3.63) is 87.6 Å². The summed E-state index contributed by atoms with van der Waals surface area (Å²) in [6.07, 6.45) is 5.25. The van der Waals surface area contributed by atoms with Crippen LogP contribution in [0, 0.1) is 17.2 Å². The molecule has 1 aliphatic rings. The Hall–Kier alpha value is -2.36. The molecule has 6 nitrogen and oxygen atoms in total. The molecule has 0 unspecified atom stereocenters. The van der Waals surface area contributed by atoms with Gasteiger partial charge in [0, 0.05) is 28.1 Å². The Balaban J connectivity index is 2.19. The van der Waals surface area contributed by atoms with Crippen LogP contribution in [0.25, 0.3) is 0 Å². The quantitative estimate of drug-likeness (QED) is 0.341. The van der Waals surface area contributed by atoms with Gasteiger partial charge in [-0.15, -0.1) is 10.2 Å². The van der Waals surface area contributed by atoms with Crippen molar-refractivity contribution in [1.29, 1.82) is 0 Å². The number of hydrogen-bond acceptors (Lipinski definition) is 5. The monoisotopic (exact) mass is 569 g/mol. The Labute approximate surface area is 230 Å². The molecule has 2 aromatic rings. The van der Waals surface area contributed by atoms with E-state index in [1.165, 1.54) is 48.0 Å². The number of rotatable bonds is 7. The van der Waals surface area contributed by atoms with Crippen LogP contribution >= 0.6 is 34.8 Å². The molecule has 4 N–H and O–H groups in total. The first-order valence-electron chi connectivity index (χ1n) is 11.4. The molecule has 0 spiro atoms. The first kappa shape index (κ1) is 29.2.